The largest absolute Gasteiger partial charge is 0.310 e. The number of fused-ring (bicyclic) bond motifs is 3. The molecule has 0 aromatic heterocycles. The van der Waals surface area contributed by atoms with Gasteiger partial charge in [-0.15, -0.1) is 0 Å². The molecular formula is C27H23NO. The van der Waals surface area contributed by atoms with Gasteiger partial charge in [-0.25, -0.2) is 0 Å². The molecular weight excluding hydrogens is 354 g/mol. The normalized spacial score (nSPS) is 14.4. The molecule has 4 aromatic carbocycles. The van der Waals surface area contributed by atoms with E-state index in [-0.39, 0.29) is 11.2 Å². The van der Waals surface area contributed by atoms with Crippen molar-refractivity contribution >= 4 is 33.6 Å². The van der Waals surface area contributed by atoms with E-state index in [9.17, 15) is 4.79 Å². The summed E-state index contributed by atoms with van der Waals surface area (Å²) in [7, 11) is 0. The lowest BCUT2D eigenvalue weighted by Gasteiger charge is -2.42. The molecule has 0 spiro atoms. The van der Waals surface area contributed by atoms with Crippen LogP contribution in [0.4, 0.5) is 17.1 Å². The first-order chi connectivity index (χ1) is 14.0. The summed E-state index contributed by atoms with van der Waals surface area (Å²) >= 11 is 0. The summed E-state index contributed by atoms with van der Waals surface area (Å²) in [6.07, 6.45) is 0. The van der Waals surface area contributed by atoms with Crippen molar-refractivity contribution in [1.82, 2.24) is 0 Å². The fourth-order valence-corrected chi connectivity index (χ4v) is 4.52. The first-order valence-electron chi connectivity index (χ1n) is 10.0. The second kappa shape index (κ2) is 6.31. The third-order valence-electron chi connectivity index (χ3n) is 6.13. The van der Waals surface area contributed by atoms with Crippen molar-refractivity contribution < 1.29 is 4.79 Å². The Morgan fingerprint density at radius 1 is 0.724 bits per heavy atom. The zero-order valence-electron chi connectivity index (χ0n) is 16.9. The fraction of sp³-hybridized carbons (Fsp3) is 0.148. The second-order valence-electron chi connectivity index (χ2n) is 8.30. The Bertz CT molecular complexity index is 1270. The molecule has 0 saturated carbocycles. The molecule has 142 valence electrons. The number of ketones is 1. The van der Waals surface area contributed by atoms with Crippen LogP contribution in [0.25, 0.3) is 10.8 Å². The van der Waals surface area contributed by atoms with E-state index in [0.717, 1.165) is 16.9 Å². The second-order valence-corrected chi connectivity index (χ2v) is 8.30. The fourth-order valence-electron chi connectivity index (χ4n) is 4.52. The summed E-state index contributed by atoms with van der Waals surface area (Å²) in [6.45, 7) is 6.12. The van der Waals surface area contributed by atoms with Crippen molar-refractivity contribution in [3.63, 3.8) is 0 Å². The zero-order valence-corrected chi connectivity index (χ0v) is 16.9. The van der Waals surface area contributed by atoms with E-state index in [0.29, 0.717) is 0 Å². The van der Waals surface area contributed by atoms with E-state index in [1.807, 2.05) is 6.07 Å². The van der Waals surface area contributed by atoms with Gasteiger partial charge in [0.25, 0.3) is 0 Å². The lowest BCUT2D eigenvalue weighted by Crippen LogP contribution is -2.30. The van der Waals surface area contributed by atoms with Crippen molar-refractivity contribution in [1.29, 1.82) is 0 Å². The topological polar surface area (TPSA) is 20.3 Å². The number of nitrogens with zero attached hydrogens (tertiary/aromatic N) is 1. The van der Waals surface area contributed by atoms with E-state index in [4.69, 9.17) is 0 Å². The van der Waals surface area contributed by atoms with E-state index in [2.05, 4.69) is 97.6 Å². The maximum atomic E-state index is 12.1. The molecule has 0 bridgehead atoms. The van der Waals surface area contributed by atoms with Gasteiger partial charge in [0.05, 0.1) is 11.4 Å². The molecule has 1 aliphatic heterocycles. The Kier molecular flexibility index (Phi) is 3.85. The van der Waals surface area contributed by atoms with Gasteiger partial charge in [0.2, 0.25) is 0 Å². The van der Waals surface area contributed by atoms with Crippen LogP contribution in [0.15, 0.2) is 84.9 Å². The molecule has 0 saturated heterocycles. The van der Waals surface area contributed by atoms with E-state index >= 15 is 0 Å². The molecule has 0 N–H and O–H groups in total. The number of hydrogen-bond donors (Lipinski definition) is 0. The highest BCUT2D eigenvalue weighted by molar-refractivity contribution is 5.97. The number of hydrogen-bond acceptors (Lipinski definition) is 2. The summed E-state index contributed by atoms with van der Waals surface area (Å²) in [4.78, 5) is 14.4. The van der Waals surface area contributed by atoms with Crippen LogP contribution in [0.5, 0.6) is 0 Å². The Morgan fingerprint density at radius 3 is 2.21 bits per heavy atom. The van der Waals surface area contributed by atoms with E-state index < -0.39 is 0 Å². The number of Topliss-reactive ketones (excluding diaryl/α,β-unsaturated/α-hetero) is 1. The Balaban J connectivity index is 1.81. The lowest BCUT2D eigenvalue weighted by atomic mass is 9.73. The molecule has 5 rings (SSSR count). The SMILES string of the molecule is CC(=O)c1ccc2c(c1)C(C)(C)c1ccccc1N2c1ccc2ccccc2c1. The van der Waals surface area contributed by atoms with Crippen molar-refractivity contribution in [2.24, 2.45) is 0 Å². The van der Waals surface area contributed by atoms with Gasteiger partial charge in [0, 0.05) is 16.7 Å². The Morgan fingerprint density at radius 2 is 1.41 bits per heavy atom. The van der Waals surface area contributed by atoms with Gasteiger partial charge in [-0.2, -0.15) is 0 Å². The van der Waals surface area contributed by atoms with Gasteiger partial charge in [-0.05, 0) is 65.2 Å². The highest BCUT2D eigenvalue weighted by Gasteiger charge is 2.37. The third kappa shape index (κ3) is 2.67. The first-order valence-corrected chi connectivity index (χ1v) is 10.0. The van der Waals surface area contributed by atoms with Crippen LogP contribution in [-0.2, 0) is 5.41 Å². The summed E-state index contributed by atoms with van der Waals surface area (Å²) in [5.74, 6) is 0.0970. The number of para-hydroxylation sites is 1. The van der Waals surface area contributed by atoms with Crippen LogP contribution in [0.2, 0.25) is 0 Å². The van der Waals surface area contributed by atoms with Crippen LogP contribution in [0.1, 0.15) is 42.3 Å². The summed E-state index contributed by atoms with van der Waals surface area (Å²) < 4.78 is 0. The van der Waals surface area contributed by atoms with Gasteiger partial charge >= 0.3 is 0 Å². The molecule has 0 unspecified atom stereocenters. The molecule has 0 fully saturated rings. The number of benzene rings is 4. The van der Waals surface area contributed by atoms with Crippen LogP contribution >= 0.6 is 0 Å². The minimum Gasteiger partial charge on any atom is -0.310 e. The van der Waals surface area contributed by atoms with Gasteiger partial charge in [-0.3, -0.25) is 4.79 Å². The van der Waals surface area contributed by atoms with Gasteiger partial charge in [0.1, 0.15) is 0 Å². The lowest BCUT2D eigenvalue weighted by molar-refractivity contribution is 0.101. The maximum absolute atomic E-state index is 12.1. The summed E-state index contributed by atoms with van der Waals surface area (Å²) in [5.41, 5.74) is 6.46. The van der Waals surface area contributed by atoms with Crippen LogP contribution < -0.4 is 4.90 Å². The van der Waals surface area contributed by atoms with Gasteiger partial charge in [0.15, 0.2) is 5.78 Å². The minimum atomic E-state index is -0.190. The molecule has 0 radical (unpaired) electrons. The van der Waals surface area contributed by atoms with Gasteiger partial charge < -0.3 is 4.90 Å². The van der Waals surface area contributed by atoms with Crippen LogP contribution in [-0.4, -0.2) is 5.78 Å². The number of carbonyl (C=O) groups is 1. The first kappa shape index (κ1) is 17.7. The van der Waals surface area contributed by atoms with E-state index in [1.165, 1.54) is 27.6 Å². The molecule has 4 aromatic rings. The van der Waals surface area contributed by atoms with Crippen molar-refractivity contribution in [3.05, 3.63) is 102 Å². The standard InChI is InChI=1S/C27H23NO/c1-18(29)20-13-15-26-24(17-20)27(2,3)23-10-6-7-11-25(23)28(26)22-14-12-19-8-4-5-9-21(19)16-22/h4-17H,1-3H3. The van der Waals surface area contributed by atoms with E-state index in [1.54, 1.807) is 6.92 Å². The number of carbonyl (C=O) groups excluding carboxylic acids is 1. The molecule has 0 amide bonds. The van der Waals surface area contributed by atoms with Crippen molar-refractivity contribution in [2.45, 2.75) is 26.2 Å². The summed E-state index contributed by atoms with van der Waals surface area (Å²) in [6, 6.07) is 29.7. The molecule has 2 nitrogen and oxygen atoms in total. The maximum Gasteiger partial charge on any atom is 0.159 e. The highest BCUT2D eigenvalue weighted by atomic mass is 16.1. The minimum absolute atomic E-state index is 0.0970. The Hall–Kier alpha value is -3.39. The van der Waals surface area contributed by atoms with Gasteiger partial charge in [-0.1, -0.05) is 62.4 Å². The molecule has 0 atom stereocenters. The Labute approximate surface area is 171 Å². The van der Waals surface area contributed by atoms with Crippen LogP contribution in [0.3, 0.4) is 0 Å². The quantitative estimate of drug-likeness (QED) is 0.346. The van der Waals surface area contributed by atoms with Crippen molar-refractivity contribution in [2.75, 3.05) is 4.90 Å². The average Bonchev–Trinajstić information content (AvgIpc) is 2.73. The molecule has 1 aliphatic rings. The molecule has 1 heterocycles. The summed E-state index contributed by atoms with van der Waals surface area (Å²) in [5, 5.41) is 2.45. The van der Waals surface area contributed by atoms with Crippen molar-refractivity contribution in [3.8, 4) is 0 Å². The monoisotopic (exact) mass is 377 g/mol. The molecule has 0 aliphatic carbocycles. The number of anilines is 3. The third-order valence-corrected chi connectivity index (χ3v) is 6.13. The smallest absolute Gasteiger partial charge is 0.159 e. The average molecular weight is 377 g/mol. The number of rotatable bonds is 2. The predicted molar refractivity (Wildman–Crippen MR) is 121 cm³/mol. The predicted octanol–water partition coefficient (Wildman–Crippen LogP) is 7.15. The molecule has 2 heteroatoms. The van der Waals surface area contributed by atoms with Crippen LogP contribution in [0, 0.1) is 0 Å². The highest BCUT2D eigenvalue weighted by Crippen LogP contribution is 2.52. The molecule has 29 heavy (non-hydrogen) atoms. The zero-order chi connectivity index (χ0) is 20.2.